The van der Waals surface area contributed by atoms with E-state index in [4.69, 9.17) is 9.47 Å². The molecular weight excluding hydrogens is 792 g/mol. The fourth-order valence-corrected chi connectivity index (χ4v) is 9.08. The van der Waals surface area contributed by atoms with Gasteiger partial charge in [0.05, 0.1) is 22.7 Å². The van der Waals surface area contributed by atoms with Crippen molar-refractivity contribution in [1.82, 2.24) is 29.7 Å². The average Bonchev–Trinajstić information content (AvgIpc) is 3.66. The zero-order valence-corrected chi connectivity index (χ0v) is 33.7. The molecule has 3 fully saturated rings. The van der Waals surface area contributed by atoms with Crippen LogP contribution in [0.4, 0.5) is 18.9 Å². The second kappa shape index (κ2) is 16.5. The number of hydrogen-bond donors (Lipinski definition) is 1. The number of nitrogens with zero attached hydrogens (tertiary/aromatic N) is 6. The van der Waals surface area contributed by atoms with E-state index >= 15 is 0 Å². The molecule has 9 rings (SSSR count). The molecule has 1 saturated carbocycles. The summed E-state index contributed by atoms with van der Waals surface area (Å²) in [6.45, 7) is 1.08. The molecule has 1 N–H and O–H groups in total. The predicted octanol–water partition coefficient (Wildman–Crippen LogP) is 6.43. The van der Waals surface area contributed by atoms with E-state index in [1.807, 2.05) is 30.6 Å². The first-order valence-corrected chi connectivity index (χ1v) is 20.9. The second-order valence-corrected chi connectivity index (χ2v) is 16.4. The number of ether oxygens (including phenoxy) is 2. The molecule has 2 unspecified atom stereocenters. The molecule has 318 valence electrons. The molecule has 16 heteroatoms. The molecule has 61 heavy (non-hydrogen) atoms. The van der Waals surface area contributed by atoms with Gasteiger partial charge in [0.2, 0.25) is 17.7 Å². The van der Waals surface area contributed by atoms with Gasteiger partial charge in [-0.25, -0.2) is 4.98 Å². The van der Waals surface area contributed by atoms with Crippen LogP contribution in [-0.4, -0.2) is 111 Å². The lowest BCUT2D eigenvalue weighted by Crippen LogP contribution is -2.59. The number of imide groups is 2. The number of pyridine rings is 2. The lowest BCUT2D eigenvalue weighted by molar-refractivity contribution is -0.184. The molecule has 5 aromatic rings. The monoisotopic (exact) mass is 837 g/mol. The van der Waals surface area contributed by atoms with Gasteiger partial charge < -0.3 is 18.9 Å². The van der Waals surface area contributed by atoms with E-state index < -0.39 is 41.9 Å². The maximum atomic E-state index is 14.4. The Labute approximate surface area is 349 Å². The van der Waals surface area contributed by atoms with E-state index in [1.165, 1.54) is 17.0 Å². The Morgan fingerprint density at radius 3 is 2.41 bits per heavy atom. The second-order valence-electron chi connectivity index (χ2n) is 16.4. The Bertz CT molecular complexity index is 2500. The van der Waals surface area contributed by atoms with Crippen LogP contribution in [0.1, 0.15) is 72.1 Å². The molecule has 2 saturated heterocycles. The summed E-state index contributed by atoms with van der Waals surface area (Å²) in [6.07, 6.45) is 5.88. The Morgan fingerprint density at radius 1 is 0.820 bits per heavy atom. The minimum atomic E-state index is -4.46. The number of carbonyl (C=O) groups is 4. The summed E-state index contributed by atoms with van der Waals surface area (Å²) in [6, 6.07) is 13.9. The maximum Gasteiger partial charge on any atom is 0.405 e. The first kappa shape index (κ1) is 40.5. The van der Waals surface area contributed by atoms with Gasteiger partial charge in [0.15, 0.2) is 0 Å². The van der Waals surface area contributed by atoms with E-state index in [9.17, 15) is 32.3 Å². The molecule has 2 aromatic carbocycles. The molecule has 2 atom stereocenters. The summed E-state index contributed by atoms with van der Waals surface area (Å²) >= 11 is 0. The van der Waals surface area contributed by atoms with Crippen LogP contribution in [0.15, 0.2) is 73.2 Å². The molecule has 13 nitrogen and oxygen atoms in total. The Hall–Kier alpha value is -5.87. The van der Waals surface area contributed by atoms with Gasteiger partial charge in [0.1, 0.15) is 18.2 Å². The van der Waals surface area contributed by atoms with Gasteiger partial charge in [-0.15, -0.1) is 0 Å². The van der Waals surface area contributed by atoms with Crippen LogP contribution in [0.25, 0.3) is 32.9 Å². The number of nitrogens with one attached hydrogen (secondary N) is 1. The number of piperidine rings is 1. The van der Waals surface area contributed by atoms with Crippen LogP contribution in [-0.2, 0) is 21.4 Å². The summed E-state index contributed by atoms with van der Waals surface area (Å²) in [5.74, 6) is -1.97. The molecular formula is C45H46F3N7O6. The van der Waals surface area contributed by atoms with E-state index in [-0.39, 0.29) is 49.3 Å². The number of piperazine rings is 1. The number of amides is 4. The highest BCUT2D eigenvalue weighted by molar-refractivity contribution is 6.23. The number of halogens is 3. The predicted molar refractivity (Wildman–Crippen MR) is 220 cm³/mol. The summed E-state index contributed by atoms with van der Waals surface area (Å²) in [5, 5.41) is 4.45. The van der Waals surface area contributed by atoms with E-state index in [0.29, 0.717) is 37.7 Å². The molecule has 3 aromatic heterocycles. The number of aryl methyl sites for hydroxylation is 1. The van der Waals surface area contributed by atoms with Crippen molar-refractivity contribution in [1.29, 1.82) is 0 Å². The van der Waals surface area contributed by atoms with Crippen LogP contribution in [0.2, 0.25) is 0 Å². The third-order valence-electron chi connectivity index (χ3n) is 12.6. The smallest absolute Gasteiger partial charge is 0.405 e. The first-order chi connectivity index (χ1) is 29.4. The molecule has 0 spiro atoms. The molecule has 3 aliphatic heterocycles. The molecule has 0 bridgehead atoms. The standard InChI is InChI=1S/C45H46F3N7O6/c1-52-36-14-15-49-25-35(36)32-9-6-27(20-38(32)52)28-7-13-41(50-24-28)61-31-22-30(23-31)60-19-5-3-2-4-16-53-17-18-54(26-39(53)45(46,47)48)29-8-10-33-34(21-29)44(59)55(43(33)58)37-11-12-40(56)51-42(37)57/h6-10,13-15,20-21,24-25,30-31,37,39H,2-5,11-12,16-19,22-23,26H2,1H3,(H,51,56,57)/t30-,31-,37?,39?. The van der Waals surface area contributed by atoms with Crippen LogP contribution < -0.4 is 15.0 Å². The van der Waals surface area contributed by atoms with Crippen molar-refractivity contribution in [2.24, 2.45) is 7.05 Å². The summed E-state index contributed by atoms with van der Waals surface area (Å²) in [4.78, 5) is 63.2. The third-order valence-corrected chi connectivity index (χ3v) is 12.6. The van der Waals surface area contributed by atoms with Gasteiger partial charge in [-0.2, -0.15) is 13.2 Å². The van der Waals surface area contributed by atoms with Crippen molar-refractivity contribution in [3.05, 3.63) is 84.3 Å². The number of anilines is 1. The summed E-state index contributed by atoms with van der Waals surface area (Å²) in [5.41, 5.74) is 4.87. The van der Waals surface area contributed by atoms with Crippen molar-refractivity contribution in [2.45, 2.75) is 81.8 Å². The highest BCUT2D eigenvalue weighted by atomic mass is 19.4. The van der Waals surface area contributed by atoms with Crippen molar-refractivity contribution >= 4 is 51.1 Å². The molecule has 1 aliphatic carbocycles. The zero-order chi connectivity index (χ0) is 42.4. The molecule has 4 aliphatic rings. The van der Waals surface area contributed by atoms with E-state index in [0.717, 1.165) is 69.9 Å². The largest absolute Gasteiger partial charge is 0.474 e. The SMILES string of the molecule is Cn1c2ccncc2c2ccc(-c3ccc(O[C@H]4C[C@H](OCCCCCCN5CCN(c6ccc7c(c6)C(=O)N(C6CCC(=O)NC6=O)C7=O)CC5C(F)(F)F)C4)nc3)cc21. The number of fused-ring (bicyclic) bond motifs is 4. The summed E-state index contributed by atoms with van der Waals surface area (Å²) in [7, 11) is 2.06. The number of benzene rings is 2. The van der Waals surface area contributed by atoms with Crippen LogP contribution in [0.5, 0.6) is 5.88 Å². The maximum absolute atomic E-state index is 14.4. The molecule has 0 radical (unpaired) electrons. The fourth-order valence-electron chi connectivity index (χ4n) is 9.08. The Balaban J connectivity index is 0.685. The highest BCUT2D eigenvalue weighted by Gasteiger charge is 2.48. The van der Waals surface area contributed by atoms with Gasteiger partial charge in [-0.3, -0.25) is 39.3 Å². The number of aromatic nitrogens is 3. The molecule has 4 amide bonds. The lowest BCUT2D eigenvalue weighted by Gasteiger charge is -2.43. The Morgan fingerprint density at radius 2 is 1.62 bits per heavy atom. The fraction of sp³-hybridized carbons (Fsp3) is 0.422. The van der Waals surface area contributed by atoms with Gasteiger partial charge in [0.25, 0.3) is 11.8 Å². The van der Waals surface area contributed by atoms with Crippen molar-refractivity contribution in [3.63, 3.8) is 0 Å². The third kappa shape index (κ3) is 8.06. The van der Waals surface area contributed by atoms with Crippen LogP contribution in [0.3, 0.4) is 0 Å². The van der Waals surface area contributed by atoms with Crippen molar-refractivity contribution in [2.75, 3.05) is 37.7 Å². The van der Waals surface area contributed by atoms with Crippen molar-refractivity contribution in [3.8, 4) is 17.0 Å². The van der Waals surface area contributed by atoms with Gasteiger partial charge >= 0.3 is 6.18 Å². The zero-order valence-electron chi connectivity index (χ0n) is 33.7. The normalized spacial score (nSPS) is 22.2. The van der Waals surface area contributed by atoms with Gasteiger partial charge in [-0.1, -0.05) is 25.0 Å². The minimum absolute atomic E-state index is 0.00798. The number of rotatable bonds is 13. The topological polar surface area (TPSA) is 139 Å². The Kier molecular flexibility index (Phi) is 11.0. The number of unbranched alkanes of at least 4 members (excludes halogenated alkanes) is 3. The van der Waals surface area contributed by atoms with Crippen LogP contribution in [0, 0.1) is 0 Å². The van der Waals surface area contributed by atoms with Crippen LogP contribution >= 0.6 is 0 Å². The number of alkyl halides is 3. The first-order valence-electron chi connectivity index (χ1n) is 20.9. The lowest BCUT2D eigenvalue weighted by atomic mass is 9.92. The van der Waals surface area contributed by atoms with Gasteiger partial charge in [0, 0.05) is 105 Å². The quantitative estimate of drug-likeness (QED) is 0.104. The average molecular weight is 838 g/mol. The number of carbonyl (C=O) groups excluding carboxylic acids is 4. The minimum Gasteiger partial charge on any atom is -0.474 e. The van der Waals surface area contributed by atoms with E-state index in [1.54, 1.807) is 17.2 Å². The van der Waals surface area contributed by atoms with E-state index in [2.05, 4.69) is 45.1 Å². The highest BCUT2D eigenvalue weighted by Crippen LogP contribution is 2.36. The van der Waals surface area contributed by atoms with Gasteiger partial charge in [-0.05, 0) is 67.8 Å². The number of hydrogen-bond acceptors (Lipinski definition) is 10. The summed E-state index contributed by atoms with van der Waals surface area (Å²) < 4.78 is 57.4. The van der Waals surface area contributed by atoms with Crippen molar-refractivity contribution < 1.29 is 41.8 Å². The molecule has 6 heterocycles.